The van der Waals surface area contributed by atoms with Crippen LogP contribution in [-0.2, 0) is 0 Å². The molecule has 74 valence electrons. The van der Waals surface area contributed by atoms with Crippen molar-refractivity contribution < 1.29 is 5.21 Å². The van der Waals surface area contributed by atoms with E-state index < -0.39 is 0 Å². The monoisotopic (exact) mass is 190 g/mol. The van der Waals surface area contributed by atoms with Crippen molar-refractivity contribution in [3.8, 4) is 0 Å². The van der Waals surface area contributed by atoms with E-state index in [1.165, 1.54) is 5.56 Å². The van der Waals surface area contributed by atoms with Gasteiger partial charge in [-0.15, -0.1) is 0 Å². The van der Waals surface area contributed by atoms with E-state index in [0.717, 1.165) is 11.4 Å². The van der Waals surface area contributed by atoms with Gasteiger partial charge in [-0.2, -0.15) is 0 Å². The first-order chi connectivity index (χ1) is 6.63. The molecule has 0 fully saturated rings. The fourth-order valence-electron chi connectivity index (χ4n) is 0.966. The number of oxime groups is 1. The van der Waals surface area contributed by atoms with Gasteiger partial charge < -0.3 is 5.21 Å². The normalized spacial score (nSPS) is 13.1. The lowest BCUT2D eigenvalue weighted by Gasteiger charge is -1.98. The zero-order chi connectivity index (χ0) is 10.6. The molecule has 1 N–H and O–H groups in total. The second-order valence-electron chi connectivity index (χ2n) is 3.22. The Morgan fingerprint density at radius 3 is 2.14 bits per heavy atom. The summed E-state index contributed by atoms with van der Waals surface area (Å²) in [6.07, 6.45) is 0. The molecule has 14 heavy (non-hydrogen) atoms. The van der Waals surface area contributed by atoms with Gasteiger partial charge in [0.05, 0.1) is 17.1 Å². The van der Waals surface area contributed by atoms with E-state index in [9.17, 15) is 0 Å². The zero-order valence-corrected chi connectivity index (χ0v) is 8.65. The van der Waals surface area contributed by atoms with Gasteiger partial charge >= 0.3 is 0 Å². The van der Waals surface area contributed by atoms with E-state index in [-0.39, 0.29) is 0 Å². The fraction of sp³-hybridized carbons (Fsp3) is 0.273. The van der Waals surface area contributed by atoms with Crippen molar-refractivity contribution in [3.63, 3.8) is 0 Å². The molecule has 1 aromatic carbocycles. The Balaban J connectivity index is 2.92. The van der Waals surface area contributed by atoms with Crippen LogP contribution in [-0.4, -0.2) is 16.6 Å². The first-order valence-electron chi connectivity index (χ1n) is 4.44. The molecular weight excluding hydrogens is 176 g/mol. The van der Waals surface area contributed by atoms with Gasteiger partial charge in [0, 0.05) is 0 Å². The molecule has 0 aromatic heterocycles. The summed E-state index contributed by atoms with van der Waals surface area (Å²) >= 11 is 0. The SMILES string of the molecule is CC(=NO)C(C)=Nc1ccc(C)cc1. The second-order valence-corrected chi connectivity index (χ2v) is 3.22. The van der Waals surface area contributed by atoms with Gasteiger partial charge in [0.15, 0.2) is 0 Å². The van der Waals surface area contributed by atoms with Crippen molar-refractivity contribution >= 4 is 17.1 Å². The van der Waals surface area contributed by atoms with Crippen molar-refractivity contribution in [2.24, 2.45) is 10.1 Å². The van der Waals surface area contributed by atoms with Crippen LogP contribution in [0.1, 0.15) is 19.4 Å². The molecule has 0 aliphatic carbocycles. The maximum Gasteiger partial charge on any atom is 0.0976 e. The minimum Gasteiger partial charge on any atom is -0.411 e. The average Bonchev–Trinajstić information content (AvgIpc) is 2.20. The first kappa shape index (κ1) is 10.4. The molecule has 0 aliphatic heterocycles. The summed E-state index contributed by atoms with van der Waals surface area (Å²) in [5.74, 6) is 0. The quantitative estimate of drug-likeness (QED) is 0.435. The highest BCUT2D eigenvalue weighted by atomic mass is 16.4. The zero-order valence-electron chi connectivity index (χ0n) is 8.65. The van der Waals surface area contributed by atoms with Gasteiger partial charge in [0.1, 0.15) is 0 Å². The van der Waals surface area contributed by atoms with Crippen LogP contribution in [0.5, 0.6) is 0 Å². The predicted octanol–water partition coefficient (Wildman–Crippen LogP) is 2.94. The topological polar surface area (TPSA) is 45.0 Å². The highest BCUT2D eigenvalue weighted by Crippen LogP contribution is 2.12. The summed E-state index contributed by atoms with van der Waals surface area (Å²) in [5.41, 5.74) is 3.33. The van der Waals surface area contributed by atoms with E-state index in [1.54, 1.807) is 6.92 Å². The van der Waals surface area contributed by atoms with Crippen LogP contribution in [0.2, 0.25) is 0 Å². The summed E-state index contributed by atoms with van der Waals surface area (Å²) in [6.45, 7) is 5.56. The van der Waals surface area contributed by atoms with Gasteiger partial charge in [-0.05, 0) is 32.9 Å². The smallest absolute Gasteiger partial charge is 0.0976 e. The largest absolute Gasteiger partial charge is 0.411 e. The fourth-order valence-corrected chi connectivity index (χ4v) is 0.966. The maximum absolute atomic E-state index is 8.53. The lowest BCUT2D eigenvalue weighted by atomic mass is 10.2. The summed E-state index contributed by atoms with van der Waals surface area (Å²) < 4.78 is 0. The molecular formula is C11H14N2O. The van der Waals surface area contributed by atoms with Gasteiger partial charge in [-0.3, -0.25) is 4.99 Å². The summed E-state index contributed by atoms with van der Waals surface area (Å²) in [4.78, 5) is 4.30. The lowest BCUT2D eigenvalue weighted by molar-refractivity contribution is 0.320. The highest BCUT2D eigenvalue weighted by molar-refractivity contribution is 6.40. The molecule has 0 spiro atoms. The Morgan fingerprint density at radius 1 is 1.07 bits per heavy atom. The Morgan fingerprint density at radius 2 is 1.64 bits per heavy atom. The molecule has 0 saturated carbocycles. The van der Waals surface area contributed by atoms with E-state index in [0.29, 0.717) is 5.71 Å². The van der Waals surface area contributed by atoms with Crippen molar-refractivity contribution in [3.05, 3.63) is 29.8 Å². The highest BCUT2D eigenvalue weighted by Gasteiger charge is 1.97. The van der Waals surface area contributed by atoms with Crippen LogP contribution >= 0.6 is 0 Å². The van der Waals surface area contributed by atoms with Crippen LogP contribution in [0, 0.1) is 6.92 Å². The molecule has 0 amide bonds. The van der Waals surface area contributed by atoms with Crippen LogP contribution in [0.4, 0.5) is 5.69 Å². The third-order valence-corrected chi connectivity index (χ3v) is 2.00. The molecule has 0 atom stereocenters. The predicted molar refractivity (Wildman–Crippen MR) is 58.8 cm³/mol. The number of hydrogen-bond donors (Lipinski definition) is 1. The summed E-state index contributed by atoms with van der Waals surface area (Å²) in [5, 5.41) is 11.6. The van der Waals surface area contributed by atoms with Gasteiger partial charge in [0.25, 0.3) is 0 Å². The number of aliphatic imine (C=N–C) groups is 1. The molecule has 0 heterocycles. The van der Waals surface area contributed by atoms with Crippen molar-refractivity contribution in [2.45, 2.75) is 20.8 Å². The second kappa shape index (κ2) is 4.56. The Kier molecular flexibility index (Phi) is 3.40. The van der Waals surface area contributed by atoms with Crippen LogP contribution in [0.25, 0.3) is 0 Å². The van der Waals surface area contributed by atoms with E-state index in [4.69, 9.17) is 5.21 Å². The van der Waals surface area contributed by atoms with E-state index in [1.807, 2.05) is 38.1 Å². The van der Waals surface area contributed by atoms with E-state index >= 15 is 0 Å². The van der Waals surface area contributed by atoms with Crippen LogP contribution in [0.15, 0.2) is 34.4 Å². The standard InChI is InChI=1S/C11H14N2O/c1-8-4-6-11(7-5-8)12-9(2)10(3)13-14/h4-7,14H,1-3H3. The van der Waals surface area contributed by atoms with Crippen molar-refractivity contribution in [1.82, 2.24) is 0 Å². The number of rotatable bonds is 2. The minimum atomic E-state index is 0.533. The summed E-state index contributed by atoms with van der Waals surface area (Å²) in [7, 11) is 0. The van der Waals surface area contributed by atoms with E-state index in [2.05, 4.69) is 10.1 Å². The first-order valence-corrected chi connectivity index (χ1v) is 4.44. The Labute approximate surface area is 83.8 Å². The average molecular weight is 190 g/mol. The minimum absolute atomic E-state index is 0.533. The molecule has 1 rings (SSSR count). The van der Waals surface area contributed by atoms with Crippen molar-refractivity contribution in [1.29, 1.82) is 0 Å². The Bertz CT molecular complexity index is 363. The summed E-state index contributed by atoms with van der Waals surface area (Å²) in [6, 6.07) is 7.86. The third kappa shape index (κ3) is 2.69. The molecule has 0 aliphatic rings. The molecule has 0 unspecified atom stereocenters. The molecule has 0 radical (unpaired) electrons. The maximum atomic E-state index is 8.53. The third-order valence-electron chi connectivity index (χ3n) is 2.00. The van der Waals surface area contributed by atoms with Gasteiger partial charge in [0.2, 0.25) is 0 Å². The number of hydrogen-bond acceptors (Lipinski definition) is 3. The molecule has 0 saturated heterocycles. The molecule has 1 aromatic rings. The number of aryl methyl sites for hydroxylation is 1. The van der Waals surface area contributed by atoms with Crippen LogP contribution < -0.4 is 0 Å². The Hall–Kier alpha value is -1.64. The molecule has 3 heteroatoms. The van der Waals surface area contributed by atoms with Crippen molar-refractivity contribution in [2.75, 3.05) is 0 Å². The van der Waals surface area contributed by atoms with Gasteiger partial charge in [-0.25, -0.2) is 0 Å². The van der Waals surface area contributed by atoms with Crippen LogP contribution in [0.3, 0.4) is 0 Å². The van der Waals surface area contributed by atoms with Gasteiger partial charge in [-0.1, -0.05) is 22.9 Å². The molecule has 0 bridgehead atoms. The lowest BCUT2D eigenvalue weighted by Crippen LogP contribution is -2.04. The number of nitrogens with zero attached hydrogens (tertiary/aromatic N) is 2. The molecule has 3 nitrogen and oxygen atoms in total. The number of benzene rings is 1.